The average molecular weight is 584 g/mol. The molecule has 8 nitrogen and oxygen atoms in total. The Morgan fingerprint density at radius 3 is 2.46 bits per heavy atom. The van der Waals surface area contributed by atoms with E-state index >= 15 is 0 Å². The predicted octanol–water partition coefficient (Wildman–Crippen LogP) is 6.24. The summed E-state index contributed by atoms with van der Waals surface area (Å²) in [7, 11) is -1.94. The summed E-state index contributed by atoms with van der Waals surface area (Å²) in [6.45, 7) is 0.219. The molecule has 5 aromatic rings. The van der Waals surface area contributed by atoms with Crippen molar-refractivity contribution in [2.24, 2.45) is 7.05 Å². The first kappa shape index (κ1) is 27.8. The monoisotopic (exact) mass is 583 g/mol. The lowest BCUT2D eigenvalue weighted by molar-refractivity contribution is -0.274. The molecule has 2 N–H and O–H groups in total. The number of hydrogen-bond donors (Lipinski definition) is 2. The van der Waals surface area contributed by atoms with Gasteiger partial charge in [-0.1, -0.05) is 18.2 Å². The number of aromatic nitrogens is 2. The normalized spacial score (nSPS) is 11.9. The summed E-state index contributed by atoms with van der Waals surface area (Å²) in [5, 5.41) is 3.76. The molecule has 2 aromatic heterocycles. The standard InChI is InChI=1S/C29H24F3N3O5S/c1-35-17-25(23-11-12-33-27(23)28(35)36)24-15-22(41(2,37)38)9-10-26(24)39-20-7-4-6-19(14-20)34-16-18-5-3-8-21(13-18)40-29(30,31)32/h3-15,17,33-34H,16H2,1-2H3. The third-order valence-corrected chi connectivity index (χ3v) is 7.36. The first-order chi connectivity index (χ1) is 19.4. The van der Waals surface area contributed by atoms with Crippen molar-refractivity contribution < 1.29 is 31.1 Å². The summed E-state index contributed by atoms with van der Waals surface area (Å²) in [4.78, 5) is 15.6. The Morgan fingerprint density at radius 2 is 1.71 bits per heavy atom. The van der Waals surface area contributed by atoms with Crippen molar-refractivity contribution in [3.63, 3.8) is 0 Å². The number of anilines is 1. The number of rotatable bonds is 8. The van der Waals surface area contributed by atoms with Gasteiger partial charge in [0.15, 0.2) is 9.84 Å². The quantitative estimate of drug-likeness (QED) is 0.224. The van der Waals surface area contributed by atoms with Gasteiger partial charge in [-0.2, -0.15) is 0 Å². The molecule has 5 rings (SSSR count). The number of aromatic amines is 1. The van der Waals surface area contributed by atoms with Crippen molar-refractivity contribution in [2.75, 3.05) is 11.6 Å². The number of halogens is 3. The molecule has 0 aliphatic carbocycles. The fourth-order valence-electron chi connectivity index (χ4n) is 4.38. The van der Waals surface area contributed by atoms with Crippen molar-refractivity contribution in [1.82, 2.24) is 9.55 Å². The van der Waals surface area contributed by atoms with Crippen LogP contribution in [0.1, 0.15) is 5.56 Å². The molecular weight excluding hydrogens is 559 g/mol. The molecule has 0 aliphatic rings. The molecule has 0 amide bonds. The maximum atomic E-state index is 12.6. The van der Waals surface area contributed by atoms with E-state index in [1.54, 1.807) is 61.9 Å². The van der Waals surface area contributed by atoms with Crippen molar-refractivity contribution >= 4 is 26.4 Å². The number of pyridine rings is 1. The van der Waals surface area contributed by atoms with E-state index in [1.807, 2.05) is 0 Å². The lowest BCUT2D eigenvalue weighted by Gasteiger charge is -2.16. The molecule has 2 heterocycles. The van der Waals surface area contributed by atoms with Crippen LogP contribution in [0.3, 0.4) is 0 Å². The second kappa shape index (κ2) is 10.7. The summed E-state index contributed by atoms with van der Waals surface area (Å²) < 4.78 is 74.0. The van der Waals surface area contributed by atoms with Crippen molar-refractivity contribution in [3.05, 3.63) is 101 Å². The molecule has 0 bridgehead atoms. The minimum Gasteiger partial charge on any atom is -0.457 e. The van der Waals surface area contributed by atoms with Gasteiger partial charge >= 0.3 is 6.36 Å². The van der Waals surface area contributed by atoms with Gasteiger partial charge in [-0.25, -0.2) is 8.42 Å². The van der Waals surface area contributed by atoms with Crippen LogP contribution in [-0.4, -0.2) is 30.6 Å². The highest BCUT2D eigenvalue weighted by Gasteiger charge is 2.31. The number of ether oxygens (including phenoxy) is 2. The lowest BCUT2D eigenvalue weighted by Crippen LogP contribution is -2.17. The molecular formula is C29H24F3N3O5S. The highest BCUT2D eigenvalue weighted by Crippen LogP contribution is 2.38. The van der Waals surface area contributed by atoms with Crippen LogP contribution in [0, 0.1) is 0 Å². The van der Waals surface area contributed by atoms with Crippen LogP contribution in [0.15, 0.2) is 94.9 Å². The van der Waals surface area contributed by atoms with E-state index < -0.39 is 16.2 Å². The van der Waals surface area contributed by atoms with Crippen LogP contribution < -0.4 is 20.3 Å². The van der Waals surface area contributed by atoms with Gasteiger partial charge in [-0.15, -0.1) is 13.2 Å². The van der Waals surface area contributed by atoms with Crippen LogP contribution in [0.5, 0.6) is 17.2 Å². The van der Waals surface area contributed by atoms with Gasteiger partial charge in [0, 0.05) is 60.5 Å². The van der Waals surface area contributed by atoms with Gasteiger partial charge in [-0.3, -0.25) is 4.79 Å². The fraction of sp³-hybridized carbons (Fsp3) is 0.138. The third kappa shape index (κ3) is 6.38. The number of nitrogens with zero attached hydrogens (tertiary/aromatic N) is 1. The molecule has 0 fully saturated rings. The highest BCUT2D eigenvalue weighted by atomic mass is 32.2. The molecule has 0 unspecified atom stereocenters. The molecule has 0 atom stereocenters. The van der Waals surface area contributed by atoms with Crippen LogP contribution in [0.4, 0.5) is 18.9 Å². The van der Waals surface area contributed by atoms with E-state index in [0.717, 1.165) is 6.26 Å². The molecule has 0 saturated heterocycles. The van der Waals surface area contributed by atoms with Crippen LogP contribution in [0.2, 0.25) is 0 Å². The maximum Gasteiger partial charge on any atom is 0.573 e. The van der Waals surface area contributed by atoms with Crippen molar-refractivity contribution in [3.8, 4) is 28.4 Å². The van der Waals surface area contributed by atoms with E-state index in [-0.39, 0.29) is 22.7 Å². The zero-order valence-corrected chi connectivity index (χ0v) is 22.6. The number of sulfone groups is 1. The average Bonchev–Trinajstić information content (AvgIpc) is 3.39. The van der Waals surface area contributed by atoms with E-state index in [1.165, 1.54) is 34.9 Å². The molecule has 0 spiro atoms. The van der Waals surface area contributed by atoms with Crippen LogP contribution in [-0.2, 0) is 23.4 Å². The number of aryl methyl sites for hydroxylation is 1. The van der Waals surface area contributed by atoms with E-state index in [2.05, 4.69) is 15.0 Å². The van der Waals surface area contributed by atoms with Gasteiger partial charge in [0.25, 0.3) is 5.56 Å². The molecule has 41 heavy (non-hydrogen) atoms. The van der Waals surface area contributed by atoms with E-state index in [0.29, 0.717) is 44.8 Å². The van der Waals surface area contributed by atoms with Crippen molar-refractivity contribution in [2.45, 2.75) is 17.8 Å². The SMILES string of the molecule is Cn1cc(-c2cc(S(C)(=O)=O)ccc2Oc2cccc(NCc3cccc(OC(F)(F)F)c3)c2)c2cc[nH]c2c1=O. The Labute approximate surface area is 232 Å². The van der Waals surface area contributed by atoms with E-state index in [4.69, 9.17) is 4.74 Å². The number of hydrogen-bond acceptors (Lipinski definition) is 6. The molecule has 212 valence electrons. The van der Waals surface area contributed by atoms with Gasteiger partial charge in [0.1, 0.15) is 22.8 Å². The fourth-order valence-corrected chi connectivity index (χ4v) is 5.02. The van der Waals surface area contributed by atoms with Gasteiger partial charge in [-0.05, 0) is 54.1 Å². The minimum absolute atomic E-state index is 0.0875. The third-order valence-electron chi connectivity index (χ3n) is 6.25. The Kier molecular flexibility index (Phi) is 7.26. The summed E-state index contributed by atoms with van der Waals surface area (Å²) in [5.74, 6) is 0.467. The summed E-state index contributed by atoms with van der Waals surface area (Å²) >= 11 is 0. The number of fused-ring (bicyclic) bond motifs is 1. The Balaban J connectivity index is 1.45. The zero-order chi connectivity index (χ0) is 29.4. The minimum atomic E-state index is -4.78. The highest BCUT2D eigenvalue weighted by molar-refractivity contribution is 7.90. The second-order valence-corrected chi connectivity index (χ2v) is 11.3. The Bertz CT molecular complexity index is 1910. The zero-order valence-electron chi connectivity index (χ0n) is 21.8. The van der Waals surface area contributed by atoms with Crippen molar-refractivity contribution in [1.29, 1.82) is 0 Å². The lowest BCUT2D eigenvalue weighted by atomic mass is 10.0. The summed E-state index contributed by atoms with van der Waals surface area (Å²) in [5.41, 5.74) is 2.41. The van der Waals surface area contributed by atoms with E-state index in [9.17, 15) is 26.4 Å². The molecule has 0 aliphatic heterocycles. The molecule has 12 heteroatoms. The number of H-pyrrole nitrogens is 1. The van der Waals surface area contributed by atoms with Gasteiger partial charge in [0.05, 0.1) is 4.90 Å². The predicted molar refractivity (Wildman–Crippen MR) is 149 cm³/mol. The largest absolute Gasteiger partial charge is 0.573 e. The summed E-state index contributed by atoms with van der Waals surface area (Å²) in [6, 6.07) is 18.8. The Hall–Kier alpha value is -4.71. The number of nitrogens with one attached hydrogen (secondary N) is 2. The molecule has 3 aromatic carbocycles. The molecule has 0 radical (unpaired) electrons. The molecule has 0 saturated carbocycles. The summed E-state index contributed by atoms with van der Waals surface area (Å²) in [6.07, 6.45) is -0.408. The van der Waals surface area contributed by atoms with Gasteiger partial charge < -0.3 is 24.3 Å². The smallest absolute Gasteiger partial charge is 0.457 e. The van der Waals surface area contributed by atoms with Crippen LogP contribution in [0.25, 0.3) is 22.0 Å². The maximum absolute atomic E-state index is 12.6. The van der Waals surface area contributed by atoms with Crippen LogP contribution >= 0.6 is 0 Å². The first-order valence-corrected chi connectivity index (χ1v) is 14.1. The topological polar surface area (TPSA) is 102 Å². The number of alkyl halides is 3. The van der Waals surface area contributed by atoms with Gasteiger partial charge in [0.2, 0.25) is 0 Å². The first-order valence-electron chi connectivity index (χ1n) is 12.2. The number of benzene rings is 3. The second-order valence-electron chi connectivity index (χ2n) is 9.33. The Morgan fingerprint density at radius 1 is 0.951 bits per heavy atom.